The van der Waals surface area contributed by atoms with E-state index in [0.29, 0.717) is 59.0 Å². The summed E-state index contributed by atoms with van der Waals surface area (Å²) in [5, 5.41) is 0. The van der Waals surface area contributed by atoms with E-state index in [1.807, 2.05) is 6.07 Å². The molecule has 1 amide bonds. The minimum absolute atomic E-state index is 0.0164. The molecule has 0 N–H and O–H groups in total. The third-order valence-corrected chi connectivity index (χ3v) is 5.87. The lowest BCUT2D eigenvalue weighted by Crippen LogP contribution is -2.40. The summed E-state index contributed by atoms with van der Waals surface area (Å²) >= 11 is 0. The van der Waals surface area contributed by atoms with Crippen LogP contribution in [-0.4, -0.2) is 33.0 Å². The second-order valence-electron chi connectivity index (χ2n) is 7.52. The van der Waals surface area contributed by atoms with Crippen molar-refractivity contribution in [3.05, 3.63) is 59.0 Å². The third kappa shape index (κ3) is 3.54. The molecule has 1 aliphatic heterocycles. The van der Waals surface area contributed by atoms with Gasteiger partial charge in [-0.25, -0.2) is 4.39 Å². The molecule has 6 nitrogen and oxygen atoms in total. The van der Waals surface area contributed by atoms with Crippen LogP contribution in [0.15, 0.2) is 47.7 Å². The Labute approximate surface area is 180 Å². The summed E-state index contributed by atoms with van der Waals surface area (Å²) in [5.41, 5.74) is 2.56. The number of methoxy groups -OCH3 is 3. The molecule has 1 atom stereocenters. The third-order valence-electron chi connectivity index (χ3n) is 5.87. The van der Waals surface area contributed by atoms with E-state index < -0.39 is 5.92 Å². The maximum Gasteiger partial charge on any atom is 0.232 e. The van der Waals surface area contributed by atoms with Gasteiger partial charge in [-0.2, -0.15) is 0 Å². The monoisotopic (exact) mass is 425 g/mol. The number of carbonyl (C=O) groups excluding carboxylic acids is 2. The van der Waals surface area contributed by atoms with E-state index in [0.717, 1.165) is 0 Å². The van der Waals surface area contributed by atoms with Crippen molar-refractivity contribution in [2.45, 2.75) is 31.6 Å². The summed E-state index contributed by atoms with van der Waals surface area (Å²) in [6.45, 7) is 0. The van der Waals surface area contributed by atoms with E-state index >= 15 is 0 Å². The van der Waals surface area contributed by atoms with Crippen LogP contribution in [0.4, 0.5) is 10.1 Å². The summed E-state index contributed by atoms with van der Waals surface area (Å²) in [4.78, 5) is 27.9. The van der Waals surface area contributed by atoms with Crippen LogP contribution in [0.5, 0.6) is 17.2 Å². The fourth-order valence-electron chi connectivity index (χ4n) is 4.55. The predicted octanol–water partition coefficient (Wildman–Crippen LogP) is 4.38. The molecule has 2 aromatic rings. The molecule has 2 aliphatic rings. The Hall–Kier alpha value is -3.35. The maximum atomic E-state index is 13.4. The molecular formula is C24H24FNO5. The van der Waals surface area contributed by atoms with Gasteiger partial charge >= 0.3 is 0 Å². The molecule has 0 spiro atoms. The Bertz CT molecular complexity index is 1060. The molecule has 4 rings (SSSR count). The number of hydrogen-bond acceptors (Lipinski definition) is 5. The normalized spacial score (nSPS) is 18.7. The Kier molecular flexibility index (Phi) is 5.67. The number of allylic oxidation sites excluding steroid dienone is 2. The molecule has 31 heavy (non-hydrogen) atoms. The predicted molar refractivity (Wildman–Crippen MR) is 113 cm³/mol. The largest absolute Gasteiger partial charge is 0.493 e. The molecule has 1 unspecified atom stereocenters. The Morgan fingerprint density at radius 1 is 0.903 bits per heavy atom. The van der Waals surface area contributed by atoms with Crippen molar-refractivity contribution < 1.29 is 28.2 Å². The van der Waals surface area contributed by atoms with Gasteiger partial charge in [0.05, 0.1) is 21.3 Å². The van der Waals surface area contributed by atoms with Crippen LogP contribution in [0.2, 0.25) is 0 Å². The van der Waals surface area contributed by atoms with E-state index in [-0.39, 0.29) is 23.9 Å². The molecule has 0 saturated heterocycles. The first-order valence-electron chi connectivity index (χ1n) is 10.1. The van der Waals surface area contributed by atoms with Crippen LogP contribution in [0.25, 0.3) is 0 Å². The first-order valence-corrected chi connectivity index (χ1v) is 10.1. The Morgan fingerprint density at radius 3 is 2.26 bits per heavy atom. The molecule has 162 valence electrons. The fraction of sp³-hybridized carbons (Fsp3) is 0.333. The lowest BCUT2D eigenvalue weighted by molar-refractivity contribution is -0.119. The number of amides is 1. The highest BCUT2D eigenvalue weighted by molar-refractivity contribution is 6.07. The molecular weight excluding hydrogens is 401 g/mol. The van der Waals surface area contributed by atoms with Gasteiger partial charge in [0.2, 0.25) is 11.7 Å². The molecule has 1 heterocycles. The van der Waals surface area contributed by atoms with Crippen LogP contribution in [0, 0.1) is 5.82 Å². The smallest absolute Gasteiger partial charge is 0.232 e. The lowest BCUT2D eigenvalue weighted by atomic mass is 9.76. The molecule has 0 aromatic heterocycles. The minimum Gasteiger partial charge on any atom is -0.493 e. The first kappa shape index (κ1) is 20.9. The summed E-state index contributed by atoms with van der Waals surface area (Å²) in [5.74, 6) is 0.394. The van der Waals surface area contributed by atoms with Crippen molar-refractivity contribution in [3.63, 3.8) is 0 Å². The minimum atomic E-state index is -0.457. The number of ketones is 1. The van der Waals surface area contributed by atoms with Gasteiger partial charge in [0.15, 0.2) is 17.3 Å². The zero-order valence-corrected chi connectivity index (χ0v) is 17.7. The number of Topliss-reactive ketones (excluding diaryl/α,β-unsaturated/α-hetero) is 1. The quantitative estimate of drug-likeness (QED) is 0.711. The van der Waals surface area contributed by atoms with Gasteiger partial charge < -0.3 is 14.2 Å². The highest BCUT2D eigenvalue weighted by atomic mass is 19.1. The second-order valence-corrected chi connectivity index (χ2v) is 7.52. The average molecular weight is 425 g/mol. The zero-order chi connectivity index (χ0) is 22.1. The molecule has 0 saturated carbocycles. The number of ether oxygens (including phenoxy) is 3. The molecule has 2 aromatic carbocycles. The van der Waals surface area contributed by atoms with Gasteiger partial charge in [0.1, 0.15) is 5.82 Å². The van der Waals surface area contributed by atoms with E-state index in [1.165, 1.54) is 33.5 Å². The van der Waals surface area contributed by atoms with Crippen LogP contribution in [0.1, 0.15) is 37.2 Å². The van der Waals surface area contributed by atoms with Crippen LogP contribution in [-0.2, 0) is 9.59 Å². The summed E-state index contributed by atoms with van der Waals surface area (Å²) in [6, 6.07) is 9.33. The number of rotatable bonds is 5. The Balaban J connectivity index is 1.89. The molecule has 0 bridgehead atoms. The van der Waals surface area contributed by atoms with E-state index in [4.69, 9.17) is 14.2 Å². The molecule has 7 heteroatoms. The van der Waals surface area contributed by atoms with Crippen molar-refractivity contribution in [1.29, 1.82) is 0 Å². The highest BCUT2D eigenvalue weighted by Crippen LogP contribution is 2.49. The van der Waals surface area contributed by atoms with Crippen LogP contribution in [0.3, 0.4) is 0 Å². The SMILES string of the molecule is COc1ccc(C2CC(=O)N(c3ccc(F)cc3)C3=C2C(=O)CCC3)c(OC)c1OC. The van der Waals surface area contributed by atoms with Gasteiger partial charge in [-0.1, -0.05) is 6.07 Å². The van der Waals surface area contributed by atoms with E-state index in [9.17, 15) is 14.0 Å². The average Bonchev–Trinajstić information content (AvgIpc) is 2.78. The van der Waals surface area contributed by atoms with Crippen molar-refractivity contribution >= 4 is 17.4 Å². The standard InChI is InChI=1S/C24H24FNO5/c1-29-20-12-11-16(23(30-2)24(20)31-3)17-13-21(28)26(15-9-7-14(25)8-10-15)18-5-4-6-19(27)22(17)18/h7-12,17H,4-6,13H2,1-3H3. The van der Waals surface area contributed by atoms with Gasteiger partial charge in [0, 0.05) is 41.3 Å². The van der Waals surface area contributed by atoms with Crippen molar-refractivity contribution in [3.8, 4) is 17.2 Å². The molecule has 0 radical (unpaired) electrons. The van der Waals surface area contributed by atoms with Gasteiger partial charge in [-0.3, -0.25) is 14.5 Å². The van der Waals surface area contributed by atoms with Crippen molar-refractivity contribution in [1.82, 2.24) is 0 Å². The van der Waals surface area contributed by atoms with Gasteiger partial charge in [-0.15, -0.1) is 0 Å². The first-order chi connectivity index (χ1) is 15.0. The summed E-state index contributed by atoms with van der Waals surface area (Å²) < 4.78 is 29.9. The molecule has 1 aliphatic carbocycles. The second kappa shape index (κ2) is 8.41. The fourth-order valence-corrected chi connectivity index (χ4v) is 4.55. The topological polar surface area (TPSA) is 65.1 Å². The highest BCUT2D eigenvalue weighted by Gasteiger charge is 2.41. The number of carbonyl (C=O) groups is 2. The van der Waals surface area contributed by atoms with Crippen LogP contribution >= 0.6 is 0 Å². The molecule has 0 fully saturated rings. The van der Waals surface area contributed by atoms with Gasteiger partial charge in [-0.05, 0) is 43.2 Å². The summed E-state index contributed by atoms with van der Waals surface area (Å²) in [7, 11) is 4.57. The maximum absolute atomic E-state index is 13.4. The number of nitrogens with zero attached hydrogens (tertiary/aromatic N) is 1. The number of halogens is 1. The van der Waals surface area contributed by atoms with Crippen molar-refractivity contribution in [2.24, 2.45) is 0 Å². The van der Waals surface area contributed by atoms with E-state index in [2.05, 4.69) is 0 Å². The number of hydrogen-bond donors (Lipinski definition) is 0. The summed E-state index contributed by atoms with van der Waals surface area (Å²) in [6.07, 6.45) is 1.78. The lowest BCUT2D eigenvalue weighted by Gasteiger charge is -2.38. The van der Waals surface area contributed by atoms with Gasteiger partial charge in [0.25, 0.3) is 0 Å². The van der Waals surface area contributed by atoms with E-state index in [1.54, 1.807) is 23.1 Å². The zero-order valence-electron chi connectivity index (χ0n) is 17.7. The number of benzene rings is 2. The van der Waals surface area contributed by atoms with Crippen molar-refractivity contribution in [2.75, 3.05) is 26.2 Å². The number of anilines is 1. The Morgan fingerprint density at radius 2 is 1.61 bits per heavy atom. The van der Waals surface area contributed by atoms with Crippen LogP contribution < -0.4 is 19.1 Å².